The Kier molecular flexibility index (Phi) is 6.52. The van der Waals surface area contributed by atoms with Crippen LogP contribution in [0.25, 0.3) is 21.3 Å². The molecule has 0 aliphatic heterocycles. The second kappa shape index (κ2) is 9.66. The van der Waals surface area contributed by atoms with E-state index in [9.17, 15) is 4.79 Å². The SMILES string of the molecule is Cc1sc2ncnc(NCCC(=O)N(C)CCc3ccncc3)c2c1-c1ccccc1. The van der Waals surface area contributed by atoms with Gasteiger partial charge >= 0.3 is 0 Å². The first-order valence-electron chi connectivity index (χ1n) is 10.3. The quantitative estimate of drug-likeness (QED) is 0.443. The Morgan fingerprint density at radius 1 is 1.10 bits per heavy atom. The molecule has 0 spiro atoms. The number of amides is 1. The van der Waals surface area contributed by atoms with E-state index < -0.39 is 0 Å². The van der Waals surface area contributed by atoms with E-state index >= 15 is 0 Å². The van der Waals surface area contributed by atoms with Crippen molar-refractivity contribution in [2.24, 2.45) is 0 Å². The fourth-order valence-electron chi connectivity index (χ4n) is 3.58. The third-order valence-electron chi connectivity index (χ3n) is 5.27. The molecule has 158 valence electrons. The number of fused-ring (bicyclic) bond motifs is 1. The molecule has 6 nitrogen and oxygen atoms in total. The Morgan fingerprint density at radius 2 is 1.87 bits per heavy atom. The minimum atomic E-state index is 0.108. The smallest absolute Gasteiger partial charge is 0.224 e. The van der Waals surface area contributed by atoms with Crippen molar-refractivity contribution < 1.29 is 4.79 Å². The molecule has 4 rings (SSSR count). The maximum atomic E-state index is 12.6. The predicted octanol–water partition coefficient (Wildman–Crippen LogP) is 4.56. The summed E-state index contributed by atoms with van der Waals surface area (Å²) < 4.78 is 0. The lowest BCUT2D eigenvalue weighted by molar-refractivity contribution is -0.129. The Hall–Kier alpha value is -3.32. The summed E-state index contributed by atoms with van der Waals surface area (Å²) in [6.45, 7) is 3.32. The van der Waals surface area contributed by atoms with E-state index in [0.717, 1.165) is 33.6 Å². The van der Waals surface area contributed by atoms with Crippen LogP contribution in [0.2, 0.25) is 0 Å². The third kappa shape index (κ3) is 4.88. The largest absolute Gasteiger partial charge is 0.369 e. The zero-order chi connectivity index (χ0) is 21.6. The van der Waals surface area contributed by atoms with Crippen molar-refractivity contribution in [1.82, 2.24) is 19.9 Å². The van der Waals surface area contributed by atoms with Crippen molar-refractivity contribution in [1.29, 1.82) is 0 Å². The van der Waals surface area contributed by atoms with E-state index in [4.69, 9.17) is 0 Å². The van der Waals surface area contributed by atoms with Crippen LogP contribution in [0, 0.1) is 6.92 Å². The highest BCUT2D eigenvalue weighted by molar-refractivity contribution is 7.19. The minimum absolute atomic E-state index is 0.108. The number of aryl methyl sites for hydroxylation is 1. The summed E-state index contributed by atoms with van der Waals surface area (Å²) in [5, 5.41) is 4.39. The molecule has 1 N–H and O–H groups in total. The highest BCUT2D eigenvalue weighted by Crippen LogP contribution is 2.40. The van der Waals surface area contributed by atoms with E-state index in [-0.39, 0.29) is 5.91 Å². The number of aromatic nitrogens is 3. The zero-order valence-corrected chi connectivity index (χ0v) is 18.5. The Balaban J connectivity index is 1.42. The number of anilines is 1. The summed E-state index contributed by atoms with van der Waals surface area (Å²) in [5.74, 6) is 0.886. The number of carbonyl (C=O) groups is 1. The fraction of sp³-hybridized carbons (Fsp3) is 0.250. The molecule has 0 aliphatic rings. The van der Waals surface area contributed by atoms with Crippen LogP contribution in [0.4, 0.5) is 5.82 Å². The van der Waals surface area contributed by atoms with Crippen molar-refractivity contribution in [3.05, 3.63) is 71.6 Å². The van der Waals surface area contributed by atoms with Crippen LogP contribution in [-0.4, -0.2) is 45.9 Å². The molecule has 1 aromatic carbocycles. The molecule has 31 heavy (non-hydrogen) atoms. The number of pyridine rings is 1. The summed E-state index contributed by atoms with van der Waals surface area (Å²) in [5.41, 5.74) is 3.48. The molecule has 0 radical (unpaired) electrons. The topological polar surface area (TPSA) is 71.0 Å². The first-order chi connectivity index (χ1) is 15.1. The lowest BCUT2D eigenvalue weighted by Crippen LogP contribution is -2.30. The van der Waals surface area contributed by atoms with Crippen LogP contribution in [0.1, 0.15) is 16.9 Å². The molecule has 0 bridgehead atoms. The average molecular weight is 432 g/mol. The number of nitrogens with zero attached hydrogens (tertiary/aromatic N) is 4. The van der Waals surface area contributed by atoms with Crippen LogP contribution < -0.4 is 5.32 Å². The van der Waals surface area contributed by atoms with Gasteiger partial charge in [0.15, 0.2) is 0 Å². The minimum Gasteiger partial charge on any atom is -0.369 e. The van der Waals surface area contributed by atoms with E-state index in [1.165, 1.54) is 10.4 Å². The molecule has 0 unspecified atom stereocenters. The molecule has 1 amide bonds. The third-order valence-corrected chi connectivity index (χ3v) is 6.28. The van der Waals surface area contributed by atoms with Gasteiger partial charge in [0.1, 0.15) is 17.0 Å². The van der Waals surface area contributed by atoms with Crippen LogP contribution in [-0.2, 0) is 11.2 Å². The molecule has 0 fully saturated rings. The molecule has 3 heterocycles. The van der Waals surface area contributed by atoms with Crippen molar-refractivity contribution in [3.8, 4) is 11.1 Å². The highest BCUT2D eigenvalue weighted by atomic mass is 32.1. The second-order valence-corrected chi connectivity index (χ2v) is 8.60. The summed E-state index contributed by atoms with van der Waals surface area (Å²) in [4.78, 5) is 29.5. The van der Waals surface area contributed by atoms with Crippen LogP contribution in [0.15, 0.2) is 61.2 Å². The number of benzene rings is 1. The maximum Gasteiger partial charge on any atom is 0.224 e. The predicted molar refractivity (Wildman–Crippen MR) is 126 cm³/mol. The van der Waals surface area contributed by atoms with Gasteiger partial charge in [-0.2, -0.15) is 0 Å². The molecule has 0 saturated carbocycles. The van der Waals surface area contributed by atoms with Crippen molar-refractivity contribution >= 4 is 33.3 Å². The normalized spacial score (nSPS) is 10.9. The fourth-order valence-corrected chi connectivity index (χ4v) is 4.59. The van der Waals surface area contributed by atoms with Gasteiger partial charge in [0.05, 0.1) is 5.39 Å². The molecule has 4 aromatic rings. The molecule has 0 saturated heterocycles. The Bertz CT molecular complexity index is 1160. The molecular weight excluding hydrogens is 406 g/mol. The lowest BCUT2D eigenvalue weighted by atomic mass is 10.0. The number of rotatable bonds is 8. The molecule has 7 heteroatoms. The van der Waals surface area contributed by atoms with E-state index in [1.54, 1.807) is 35.0 Å². The highest BCUT2D eigenvalue weighted by Gasteiger charge is 2.17. The number of carbonyl (C=O) groups excluding carboxylic acids is 1. The van der Waals surface area contributed by atoms with Gasteiger partial charge in [-0.3, -0.25) is 9.78 Å². The van der Waals surface area contributed by atoms with Crippen LogP contribution in [0.3, 0.4) is 0 Å². The zero-order valence-electron chi connectivity index (χ0n) is 17.7. The van der Waals surface area contributed by atoms with Gasteiger partial charge in [0.25, 0.3) is 0 Å². The Labute approximate surface area is 186 Å². The van der Waals surface area contributed by atoms with Crippen LogP contribution in [0.5, 0.6) is 0 Å². The summed E-state index contributed by atoms with van der Waals surface area (Å²) in [6, 6.07) is 14.3. The van der Waals surface area contributed by atoms with Gasteiger partial charge in [-0.15, -0.1) is 11.3 Å². The first kappa shape index (κ1) is 20.9. The number of thiophene rings is 1. The first-order valence-corrected chi connectivity index (χ1v) is 11.1. The molecule has 0 atom stereocenters. The monoisotopic (exact) mass is 431 g/mol. The molecule has 3 aromatic heterocycles. The van der Waals surface area contributed by atoms with E-state index in [1.807, 2.05) is 37.4 Å². The van der Waals surface area contributed by atoms with Gasteiger partial charge in [0.2, 0.25) is 5.91 Å². The van der Waals surface area contributed by atoms with Gasteiger partial charge in [-0.1, -0.05) is 30.3 Å². The van der Waals surface area contributed by atoms with Gasteiger partial charge in [-0.05, 0) is 36.6 Å². The second-order valence-electron chi connectivity index (χ2n) is 7.40. The van der Waals surface area contributed by atoms with E-state index in [2.05, 4.69) is 39.3 Å². The number of hydrogen-bond donors (Lipinski definition) is 1. The molecule has 0 aliphatic carbocycles. The number of hydrogen-bond acceptors (Lipinski definition) is 6. The summed E-state index contributed by atoms with van der Waals surface area (Å²) in [7, 11) is 1.85. The summed E-state index contributed by atoms with van der Waals surface area (Å²) >= 11 is 1.67. The standard InChI is InChI=1S/C24H25N5OS/c1-17-21(19-6-4-3-5-7-19)22-23(27-16-28-24(22)31-17)26-14-10-20(30)29(2)15-11-18-8-12-25-13-9-18/h3-9,12-13,16H,10-11,14-15H2,1-2H3,(H,26,27,28). The van der Waals surface area contributed by atoms with Crippen molar-refractivity contribution in [2.75, 3.05) is 25.5 Å². The maximum absolute atomic E-state index is 12.6. The van der Waals surface area contributed by atoms with Crippen molar-refractivity contribution in [3.63, 3.8) is 0 Å². The van der Waals surface area contributed by atoms with Crippen molar-refractivity contribution in [2.45, 2.75) is 19.8 Å². The number of nitrogens with one attached hydrogen (secondary N) is 1. The van der Waals surface area contributed by atoms with Crippen LogP contribution >= 0.6 is 11.3 Å². The molecular formula is C24H25N5OS. The Morgan fingerprint density at radius 3 is 2.65 bits per heavy atom. The van der Waals surface area contributed by atoms with Gasteiger partial charge in [0, 0.05) is 49.4 Å². The lowest BCUT2D eigenvalue weighted by Gasteiger charge is -2.17. The summed E-state index contributed by atoms with van der Waals surface area (Å²) in [6.07, 6.45) is 6.36. The van der Waals surface area contributed by atoms with E-state index in [0.29, 0.717) is 19.5 Å². The number of likely N-dealkylation sites (N-methyl/N-ethyl adjacent to an activating group) is 1. The van der Waals surface area contributed by atoms with Gasteiger partial charge in [-0.25, -0.2) is 9.97 Å². The van der Waals surface area contributed by atoms with Gasteiger partial charge < -0.3 is 10.2 Å². The average Bonchev–Trinajstić information content (AvgIpc) is 3.15.